The maximum atomic E-state index is 12.5. The molecule has 214 valence electrons. The Morgan fingerprint density at radius 2 is 1.00 bits per heavy atom. The van der Waals surface area contributed by atoms with Gasteiger partial charge in [-0.05, 0) is 30.7 Å². The van der Waals surface area contributed by atoms with Crippen molar-refractivity contribution in [3.8, 4) is 0 Å². The molecule has 39 heavy (non-hydrogen) atoms. The molecule has 2 aromatic carbocycles. The molecule has 0 aliphatic rings. The van der Waals surface area contributed by atoms with E-state index in [-0.39, 0.29) is 19.2 Å². The zero-order chi connectivity index (χ0) is 28.0. The van der Waals surface area contributed by atoms with Gasteiger partial charge in [0.1, 0.15) is 13.2 Å². The monoisotopic (exact) mass is 538 g/mol. The van der Waals surface area contributed by atoms with Crippen molar-refractivity contribution in [2.75, 3.05) is 13.2 Å². The van der Waals surface area contributed by atoms with Crippen molar-refractivity contribution >= 4 is 17.9 Å². The second-order valence-electron chi connectivity index (χ2n) is 10.0. The molecule has 0 fully saturated rings. The number of hydrogen-bond donors (Lipinski definition) is 0. The summed E-state index contributed by atoms with van der Waals surface area (Å²) in [4.78, 5) is 37.1. The maximum Gasteiger partial charge on any atom is 0.338 e. The fourth-order valence-corrected chi connectivity index (χ4v) is 4.28. The third kappa shape index (κ3) is 15.1. The van der Waals surface area contributed by atoms with E-state index in [1.165, 1.54) is 64.2 Å². The number of carbonyl (C=O) groups is 3. The number of hydrogen-bond acceptors (Lipinski definition) is 6. The van der Waals surface area contributed by atoms with Gasteiger partial charge in [0, 0.05) is 6.42 Å². The number of ether oxygens (including phenoxy) is 3. The van der Waals surface area contributed by atoms with Crippen LogP contribution in [-0.4, -0.2) is 37.2 Å². The minimum Gasteiger partial charge on any atom is -0.462 e. The van der Waals surface area contributed by atoms with Crippen LogP contribution in [0.5, 0.6) is 0 Å². The summed E-state index contributed by atoms with van der Waals surface area (Å²) < 4.78 is 16.2. The van der Waals surface area contributed by atoms with E-state index in [2.05, 4.69) is 6.92 Å². The number of rotatable bonds is 21. The Balaban J connectivity index is 1.64. The first-order valence-corrected chi connectivity index (χ1v) is 14.7. The van der Waals surface area contributed by atoms with Gasteiger partial charge in [-0.2, -0.15) is 0 Å². The Morgan fingerprint density at radius 1 is 0.564 bits per heavy atom. The molecule has 2 aromatic rings. The number of esters is 3. The molecular formula is C33H46O6. The molecule has 0 aliphatic carbocycles. The lowest BCUT2D eigenvalue weighted by Gasteiger charge is -2.18. The quantitative estimate of drug-likeness (QED) is 0.0908. The molecule has 6 heteroatoms. The van der Waals surface area contributed by atoms with Crippen molar-refractivity contribution in [1.82, 2.24) is 0 Å². The molecule has 0 unspecified atom stereocenters. The Kier molecular flexibility index (Phi) is 17.1. The van der Waals surface area contributed by atoms with Crippen LogP contribution in [0.4, 0.5) is 0 Å². The van der Waals surface area contributed by atoms with Gasteiger partial charge in [0.05, 0.1) is 11.1 Å². The summed E-state index contributed by atoms with van der Waals surface area (Å²) in [7, 11) is 0. The third-order valence-corrected chi connectivity index (χ3v) is 6.61. The minimum absolute atomic E-state index is 0.169. The van der Waals surface area contributed by atoms with Crippen LogP contribution in [0.1, 0.15) is 118 Å². The van der Waals surface area contributed by atoms with Crippen LogP contribution in [0.2, 0.25) is 0 Å². The topological polar surface area (TPSA) is 78.9 Å². The summed E-state index contributed by atoms with van der Waals surface area (Å²) in [6.07, 6.45) is 15.5. The average Bonchev–Trinajstić information content (AvgIpc) is 2.97. The second kappa shape index (κ2) is 20.8. The summed E-state index contributed by atoms with van der Waals surface area (Å²) in [6, 6.07) is 17.1. The van der Waals surface area contributed by atoms with Crippen LogP contribution >= 0.6 is 0 Å². The van der Waals surface area contributed by atoms with E-state index < -0.39 is 18.0 Å². The SMILES string of the molecule is CCCCCCCCCCCCCCCC(=O)OC[C@H](COC(=O)c1ccccc1)OC(=O)c1ccccc1. The molecule has 0 N–H and O–H groups in total. The van der Waals surface area contributed by atoms with Gasteiger partial charge < -0.3 is 14.2 Å². The summed E-state index contributed by atoms with van der Waals surface area (Å²) in [5, 5.41) is 0. The van der Waals surface area contributed by atoms with E-state index in [1.807, 2.05) is 0 Å². The van der Waals surface area contributed by atoms with E-state index in [0.29, 0.717) is 17.5 Å². The zero-order valence-corrected chi connectivity index (χ0v) is 23.6. The normalized spacial score (nSPS) is 11.5. The van der Waals surface area contributed by atoms with E-state index in [1.54, 1.807) is 60.7 Å². The molecule has 0 radical (unpaired) electrons. The van der Waals surface area contributed by atoms with Crippen LogP contribution in [-0.2, 0) is 19.0 Å². The highest BCUT2D eigenvalue weighted by Gasteiger charge is 2.21. The third-order valence-electron chi connectivity index (χ3n) is 6.61. The smallest absolute Gasteiger partial charge is 0.338 e. The Bertz CT molecular complexity index is 928. The molecule has 0 bridgehead atoms. The second-order valence-corrected chi connectivity index (χ2v) is 10.0. The molecule has 0 aromatic heterocycles. The minimum atomic E-state index is -0.902. The Morgan fingerprint density at radius 3 is 1.51 bits per heavy atom. The summed E-state index contributed by atoms with van der Waals surface area (Å²) in [5.74, 6) is -1.44. The highest BCUT2D eigenvalue weighted by molar-refractivity contribution is 5.90. The summed E-state index contributed by atoms with van der Waals surface area (Å²) in [5.41, 5.74) is 0.764. The summed E-state index contributed by atoms with van der Waals surface area (Å²) in [6.45, 7) is 1.87. The summed E-state index contributed by atoms with van der Waals surface area (Å²) >= 11 is 0. The maximum absolute atomic E-state index is 12.5. The van der Waals surface area contributed by atoms with Crippen molar-refractivity contribution in [2.45, 2.75) is 103 Å². The lowest BCUT2D eigenvalue weighted by Crippen LogP contribution is -2.31. The van der Waals surface area contributed by atoms with Crippen LogP contribution < -0.4 is 0 Å². The first-order valence-electron chi connectivity index (χ1n) is 14.7. The average molecular weight is 539 g/mol. The van der Waals surface area contributed by atoms with Crippen LogP contribution in [0.15, 0.2) is 60.7 Å². The fourth-order valence-electron chi connectivity index (χ4n) is 4.28. The van der Waals surface area contributed by atoms with Gasteiger partial charge in [-0.25, -0.2) is 9.59 Å². The predicted octanol–water partition coefficient (Wildman–Crippen LogP) is 8.09. The highest BCUT2D eigenvalue weighted by atomic mass is 16.6. The van der Waals surface area contributed by atoms with Crippen molar-refractivity contribution in [3.63, 3.8) is 0 Å². The number of carbonyl (C=O) groups excluding carboxylic acids is 3. The van der Waals surface area contributed by atoms with E-state index >= 15 is 0 Å². The standard InChI is InChI=1S/C33H46O6/c1-2-3-4-5-6-7-8-9-10-11-12-13-20-25-31(34)37-26-30(39-33(36)29-23-18-15-19-24-29)27-38-32(35)28-21-16-14-17-22-28/h14-19,21-24,30H,2-13,20,25-27H2,1H3/t30-/m1/s1. The highest BCUT2D eigenvalue weighted by Crippen LogP contribution is 2.13. The lowest BCUT2D eigenvalue weighted by molar-refractivity contribution is -0.147. The molecule has 0 heterocycles. The molecule has 0 saturated carbocycles. The van der Waals surface area contributed by atoms with E-state index in [0.717, 1.165) is 19.3 Å². The van der Waals surface area contributed by atoms with Crippen LogP contribution in [0.3, 0.4) is 0 Å². The van der Waals surface area contributed by atoms with E-state index in [4.69, 9.17) is 14.2 Å². The largest absolute Gasteiger partial charge is 0.462 e. The molecule has 1 atom stereocenters. The van der Waals surface area contributed by atoms with Gasteiger partial charge in [0.25, 0.3) is 0 Å². The zero-order valence-electron chi connectivity index (χ0n) is 23.6. The Hall–Kier alpha value is -3.15. The van der Waals surface area contributed by atoms with Gasteiger partial charge in [-0.15, -0.1) is 0 Å². The fraction of sp³-hybridized carbons (Fsp3) is 0.545. The molecule has 6 nitrogen and oxygen atoms in total. The van der Waals surface area contributed by atoms with Gasteiger partial charge in [-0.1, -0.05) is 120 Å². The van der Waals surface area contributed by atoms with Crippen molar-refractivity contribution in [1.29, 1.82) is 0 Å². The van der Waals surface area contributed by atoms with Gasteiger partial charge >= 0.3 is 17.9 Å². The molecule has 0 saturated heterocycles. The van der Waals surface area contributed by atoms with Crippen LogP contribution in [0, 0.1) is 0 Å². The lowest BCUT2D eigenvalue weighted by atomic mass is 10.0. The van der Waals surface area contributed by atoms with Crippen LogP contribution in [0.25, 0.3) is 0 Å². The van der Waals surface area contributed by atoms with Crippen molar-refractivity contribution < 1.29 is 28.6 Å². The van der Waals surface area contributed by atoms with Crippen molar-refractivity contribution in [2.24, 2.45) is 0 Å². The van der Waals surface area contributed by atoms with Gasteiger partial charge in [-0.3, -0.25) is 4.79 Å². The number of unbranched alkanes of at least 4 members (excludes halogenated alkanes) is 12. The molecule has 0 spiro atoms. The number of benzene rings is 2. The first kappa shape index (κ1) is 32.1. The predicted molar refractivity (Wildman–Crippen MR) is 154 cm³/mol. The Labute approximate surface area is 234 Å². The van der Waals surface area contributed by atoms with Gasteiger partial charge in [0.15, 0.2) is 6.10 Å². The van der Waals surface area contributed by atoms with Crippen molar-refractivity contribution in [3.05, 3.63) is 71.8 Å². The first-order chi connectivity index (χ1) is 19.1. The molecule has 2 rings (SSSR count). The van der Waals surface area contributed by atoms with E-state index in [9.17, 15) is 14.4 Å². The molecular weight excluding hydrogens is 492 g/mol. The molecule has 0 amide bonds. The van der Waals surface area contributed by atoms with Gasteiger partial charge in [0.2, 0.25) is 0 Å². The molecule has 0 aliphatic heterocycles.